The summed E-state index contributed by atoms with van der Waals surface area (Å²) in [7, 11) is 0. The molecule has 0 unspecified atom stereocenters. The summed E-state index contributed by atoms with van der Waals surface area (Å²) in [6, 6.07) is 0. The van der Waals surface area contributed by atoms with E-state index in [0.717, 1.165) is 19.4 Å². The van der Waals surface area contributed by atoms with Crippen LogP contribution in [0.3, 0.4) is 0 Å². The highest BCUT2D eigenvalue weighted by molar-refractivity contribution is 7.99. The average molecular weight is 250 g/mol. The third-order valence-electron chi connectivity index (χ3n) is 2.72. The van der Waals surface area contributed by atoms with E-state index in [9.17, 15) is 4.79 Å². The normalized spacial score (nSPS) is 17.7. The summed E-state index contributed by atoms with van der Waals surface area (Å²) in [5.41, 5.74) is 0. The van der Waals surface area contributed by atoms with E-state index in [1.807, 2.05) is 11.8 Å². The third-order valence-corrected chi connectivity index (χ3v) is 4.03. The van der Waals surface area contributed by atoms with Gasteiger partial charge < -0.3 is 5.32 Å². The molecule has 4 heteroatoms. The van der Waals surface area contributed by atoms with Crippen LogP contribution in [0.5, 0.6) is 0 Å². The zero-order valence-electron chi connectivity index (χ0n) is 9.14. The first-order valence-corrected chi connectivity index (χ1v) is 7.42. The molecule has 0 aromatic heterocycles. The number of nitrogens with one attached hydrogen (secondary N) is 1. The molecule has 1 amide bonds. The fourth-order valence-corrected chi connectivity index (χ4v) is 3.07. The molecule has 15 heavy (non-hydrogen) atoms. The Morgan fingerprint density at radius 3 is 2.73 bits per heavy atom. The van der Waals surface area contributed by atoms with Crippen molar-refractivity contribution in [1.82, 2.24) is 5.32 Å². The lowest BCUT2D eigenvalue weighted by Gasteiger charge is -2.21. The molecule has 1 heterocycles. The Hall–Kier alpha value is 0.110. The largest absolute Gasteiger partial charge is 0.356 e. The SMILES string of the molecule is O=C(CCCCCl)NCC1CCSCC1. The highest BCUT2D eigenvalue weighted by Crippen LogP contribution is 2.21. The van der Waals surface area contributed by atoms with Crippen molar-refractivity contribution in [2.45, 2.75) is 32.1 Å². The van der Waals surface area contributed by atoms with Crippen LogP contribution in [0.4, 0.5) is 0 Å². The molecule has 88 valence electrons. The van der Waals surface area contributed by atoms with Crippen molar-refractivity contribution in [3.8, 4) is 0 Å². The molecule has 0 aromatic rings. The molecule has 1 aliphatic rings. The smallest absolute Gasteiger partial charge is 0.220 e. The minimum Gasteiger partial charge on any atom is -0.356 e. The zero-order chi connectivity index (χ0) is 10.9. The number of halogens is 1. The summed E-state index contributed by atoms with van der Waals surface area (Å²) in [5.74, 6) is 4.08. The van der Waals surface area contributed by atoms with Crippen molar-refractivity contribution in [2.75, 3.05) is 23.9 Å². The summed E-state index contributed by atoms with van der Waals surface area (Å²) in [6.07, 6.45) is 5.00. The molecule has 1 aliphatic heterocycles. The van der Waals surface area contributed by atoms with Gasteiger partial charge in [-0.2, -0.15) is 11.8 Å². The molecular formula is C11H20ClNOS. The molecule has 0 aromatic carbocycles. The summed E-state index contributed by atoms with van der Waals surface area (Å²) in [5, 5.41) is 3.02. The fourth-order valence-electron chi connectivity index (χ4n) is 1.68. The molecule has 2 nitrogen and oxygen atoms in total. The second-order valence-corrected chi connectivity index (χ2v) is 5.61. The molecule has 0 atom stereocenters. The van der Waals surface area contributed by atoms with Crippen molar-refractivity contribution in [3.63, 3.8) is 0 Å². The number of alkyl halides is 1. The average Bonchev–Trinajstić information content (AvgIpc) is 2.28. The van der Waals surface area contributed by atoms with E-state index in [1.165, 1.54) is 24.3 Å². The van der Waals surface area contributed by atoms with Gasteiger partial charge >= 0.3 is 0 Å². The van der Waals surface area contributed by atoms with Gasteiger partial charge in [-0.1, -0.05) is 0 Å². The van der Waals surface area contributed by atoms with Crippen LogP contribution in [0.25, 0.3) is 0 Å². The Labute approximate surface area is 102 Å². The number of carbonyl (C=O) groups is 1. The number of unbranched alkanes of at least 4 members (excludes halogenated alkanes) is 1. The van der Waals surface area contributed by atoms with Gasteiger partial charge in [0.05, 0.1) is 0 Å². The Morgan fingerprint density at radius 1 is 1.33 bits per heavy atom. The van der Waals surface area contributed by atoms with Crippen LogP contribution in [0, 0.1) is 5.92 Å². The zero-order valence-corrected chi connectivity index (χ0v) is 10.7. The molecule has 1 rings (SSSR count). The van der Waals surface area contributed by atoms with E-state index in [2.05, 4.69) is 5.32 Å². The van der Waals surface area contributed by atoms with Gasteiger partial charge in [0.2, 0.25) is 5.91 Å². The maximum Gasteiger partial charge on any atom is 0.220 e. The maximum atomic E-state index is 11.4. The van der Waals surface area contributed by atoms with Crippen LogP contribution in [-0.4, -0.2) is 29.8 Å². The van der Waals surface area contributed by atoms with E-state index >= 15 is 0 Å². The Bertz CT molecular complexity index is 183. The van der Waals surface area contributed by atoms with Crippen molar-refractivity contribution in [3.05, 3.63) is 0 Å². The Balaban J connectivity index is 2.00. The van der Waals surface area contributed by atoms with Crippen LogP contribution in [0.2, 0.25) is 0 Å². The molecule has 0 spiro atoms. The van der Waals surface area contributed by atoms with E-state index in [-0.39, 0.29) is 5.91 Å². The van der Waals surface area contributed by atoms with Gasteiger partial charge in [0.15, 0.2) is 0 Å². The number of amides is 1. The molecule has 0 bridgehead atoms. The molecule has 1 fully saturated rings. The second kappa shape index (κ2) is 8.28. The van der Waals surface area contributed by atoms with Gasteiger partial charge in [-0.05, 0) is 43.1 Å². The van der Waals surface area contributed by atoms with Crippen LogP contribution in [0.15, 0.2) is 0 Å². The predicted octanol–water partition coefficient (Wildman–Crippen LogP) is 2.65. The molecular weight excluding hydrogens is 230 g/mol. The number of thioether (sulfide) groups is 1. The summed E-state index contributed by atoms with van der Waals surface area (Å²) in [4.78, 5) is 11.4. The Kier molecular flexibility index (Phi) is 7.28. The van der Waals surface area contributed by atoms with Gasteiger partial charge in [-0.3, -0.25) is 4.79 Å². The number of hydrogen-bond donors (Lipinski definition) is 1. The van der Waals surface area contributed by atoms with Crippen molar-refractivity contribution in [2.24, 2.45) is 5.92 Å². The summed E-state index contributed by atoms with van der Waals surface area (Å²) >= 11 is 7.57. The van der Waals surface area contributed by atoms with Crippen LogP contribution in [-0.2, 0) is 4.79 Å². The molecule has 0 aliphatic carbocycles. The first kappa shape index (κ1) is 13.2. The summed E-state index contributed by atoms with van der Waals surface area (Å²) < 4.78 is 0. The van der Waals surface area contributed by atoms with Gasteiger partial charge in [-0.25, -0.2) is 0 Å². The highest BCUT2D eigenvalue weighted by Gasteiger charge is 2.14. The van der Waals surface area contributed by atoms with Crippen LogP contribution in [0.1, 0.15) is 32.1 Å². The van der Waals surface area contributed by atoms with Gasteiger partial charge in [-0.15, -0.1) is 11.6 Å². The molecule has 0 radical (unpaired) electrons. The van der Waals surface area contributed by atoms with Crippen LogP contribution >= 0.6 is 23.4 Å². The van der Waals surface area contributed by atoms with Crippen molar-refractivity contribution < 1.29 is 4.79 Å². The second-order valence-electron chi connectivity index (χ2n) is 4.01. The van der Waals surface area contributed by atoms with Gasteiger partial charge in [0.25, 0.3) is 0 Å². The first-order valence-electron chi connectivity index (χ1n) is 5.73. The lowest BCUT2D eigenvalue weighted by molar-refractivity contribution is -0.121. The van der Waals surface area contributed by atoms with Gasteiger partial charge in [0.1, 0.15) is 0 Å². The maximum absolute atomic E-state index is 11.4. The van der Waals surface area contributed by atoms with E-state index in [1.54, 1.807) is 0 Å². The monoisotopic (exact) mass is 249 g/mol. The number of hydrogen-bond acceptors (Lipinski definition) is 2. The summed E-state index contributed by atoms with van der Waals surface area (Å²) in [6.45, 7) is 0.875. The third kappa shape index (κ3) is 6.31. The standard InChI is InChI=1S/C11H20ClNOS/c12-6-2-1-3-11(14)13-9-10-4-7-15-8-5-10/h10H,1-9H2,(H,13,14). The number of carbonyl (C=O) groups excluding carboxylic acids is 1. The highest BCUT2D eigenvalue weighted by atomic mass is 35.5. The van der Waals surface area contributed by atoms with E-state index < -0.39 is 0 Å². The predicted molar refractivity (Wildman–Crippen MR) is 67.6 cm³/mol. The minimum absolute atomic E-state index is 0.193. The van der Waals surface area contributed by atoms with Crippen molar-refractivity contribution >= 4 is 29.3 Å². The first-order chi connectivity index (χ1) is 7.33. The van der Waals surface area contributed by atoms with Gasteiger partial charge in [0, 0.05) is 18.8 Å². The number of rotatable bonds is 6. The van der Waals surface area contributed by atoms with E-state index in [0.29, 0.717) is 18.2 Å². The fraction of sp³-hybridized carbons (Fsp3) is 0.909. The molecule has 1 saturated heterocycles. The lowest BCUT2D eigenvalue weighted by atomic mass is 10.0. The van der Waals surface area contributed by atoms with Crippen molar-refractivity contribution in [1.29, 1.82) is 0 Å². The van der Waals surface area contributed by atoms with Crippen LogP contribution < -0.4 is 5.32 Å². The van der Waals surface area contributed by atoms with E-state index in [4.69, 9.17) is 11.6 Å². The molecule has 1 N–H and O–H groups in total. The minimum atomic E-state index is 0.193. The quantitative estimate of drug-likeness (QED) is 0.579. The molecule has 0 saturated carbocycles. The lowest BCUT2D eigenvalue weighted by Crippen LogP contribution is -2.30. The Morgan fingerprint density at radius 2 is 2.07 bits per heavy atom. The topological polar surface area (TPSA) is 29.1 Å².